The van der Waals surface area contributed by atoms with Gasteiger partial charge in [0.15, 0.2) is 0 Å². The molecule has 0 spiro atoms. The molecule has 1 heteroatoms. The van der Waals surface area contributed by atoms with Crippen LogP contribution in [0.1, 0.15) is 34.6 Å². The summed E-state index contributed by atoms with van der Waals surface area (Å²) in [5.41, 5.74) is 1.48. The summed E-state index contributed by atoms with van der Waals surface area (Å²) >= 11 is 0. The second-order valence-corrected chi connectivity index (χ2v) is 3.94. The molecule has 1 N–H and O–H groups in total. The van der Waals surface area contributed by atoms with E-state index in [-0.39, 0.29) is 5.41 Å². The molecule has 0 radical (unpaired) electrons. The highest BCUT2D eigenvalue weighted by atomic mass is 16.3. The fourth-order valence-corrected chi connectivity index (χ4v) is 1.04. The fraction of sp³-hybridized carbons (Fsp3) is 0.455. The van der Waals surface area contributed by atoms with Crippen LogP contribution in [0.4, 0.5) is 0 Å². The van der Waals surface area contributed by atoms with E-state index >= 15 is 0 Å². The highest BCUT2D eigenvalue weighted by molar-refractivity contribution is 5.26. The van der Waals surface area contributed by atoms with Crippen molar-refractivity contribution in [1.29, 1.82) is 0 Å². The smallest absolute Gasteiger partial charge is 0.0681 e. The summed E-state index contributed by atoms with van der Waals surface area (Å²) in [7, 11) is 0. The Bertz CT molecular complexity index is 271. The predicted octanol–water partition coefficient (Wildman–Crippen LogP) is 2.48. The minimum Gasteiger partial charge on any atom is -0.392 e. The number of aliphatic hydroxyl groups is 1. The molecule has 0 amide bonds. The average molecular weight is 166 g/mol. The van der Waals surface area contributed by atoms with Gasteiger partial charge in [-0.2, -0.15) is 0 Å². The quantitative estimate of drug-likeness (QED) is 0.679. The summed E-state index contributed by atoms with van der Waals surface area (Å²) in [5.74, 6) is 0. The van der Waals surface area contributed by atoms with Crippen molar-refractivity contribution in [2.24, 2.45) is 0 Å². The molecule has 0 unspecified atom stereocenters. The Hall–Kier alpha value is -0.820. The zero-order chi connectivity index (χ0) is 11.0. The van der Waals surface area contributed by atoms with Crippen LogP contribution in [0.2, 0.25) is 0 Å². The van der Waals surface area contributed by atoms with Crippen LogP contribution < -0.4 is 0 Å². The lowest BCUT2D eigenvalue weighted by Crippen LogP contribution is -2.10. The van der Waals surface area contributed by atoms with E-state index in [0.29, 0.717) is 5.56 Å². The first-order valence-electron chi connectivity index (χ1n) is 5.04. The van der Waals surface area contributed by atoms with E-state index in [9.17, 15) is 0 Å². The molecule has 0 aromatic heterocycles. The largest absolute Gasteiger partial charge is 0.392 e. The van der Waals surface area contributed by atoms with Crippen molar-refractivity contribution in [3.63, 3.8) is 0 Å². The summed E-state index contributed by atoms with van der Waals surface area (Å²) in [5, 5.41) is 9.12. The lowest BCUT2D eigenvalue weighted by molar-refractivity contribution is 0.282. The normalized spacial score (nSPS) is 15.3. The first-order chi connectivity index (χ1) is 6.21. The van der Waals surface area contributed by atoms with Crippen molar-refractivity contribution in [3.8, 4) is 0 Å². The van der Waals surface area contributed by atoms with Crippen LogP contribution in [-0.4, -0.2) is 5.11 Å². The molecule has 66 valence electrons. The Balaban J connectivity index is 3.02. The van der Waals surface area contributed by atoms with Crippen LogP contribution in [0, 0.1) is 0 Å². The standard InChI is InChI=1S/C11H16O/c1-11(2,3)10-6-4-9(8-12)5-7-10/h4-7,12H,8H2,1-3H3/i8D2. The van der Waals surface area contributed by atoms with Gasteiger partial charge in [0.05, 0.1) is 9.30 Å². The van der Waals surface area contributed by atoms with Crippen molar-refractivity contribution in [2.75, 3.05) is 0 Å². The summed E-state index contributed by atoms with van der Waals surface area (Å²) in [6.45, 7) is 4.04. The number of hydrogen-bond donors (Lipinski definition) is 1. The van der Waals surface area contributed by atoms with Gasteiger partial charge in [-0.05, 0) is 16.5 Å². The number of benzene rings is 1. The zero-order valence-electron chi connectivity index (χ0n) is 9.76. The Kier molecular flexibility index (Phi) is 1.82. The third-order valence-electron chi connectivity index (χ3n) is 1.88. The zero-order valence-corrected chi connectivity index (χ0v) is 7.76. The van der Waals surface area contributed by atoms with Crippen LogP contribution in [0.15, 0.2) is 24.3 Å². The van der Waals surface area contributed by atoms with Crippen LogP contribution in [0.25, 0.3) is 0 Å². The van der Waals surface area contributed by atoms with Gasteiger partial charge in [0.25, 0.3) is 0 Å². The highest BCUT2D eigenvalue weighted by Gasteiger charge is 2.12. The van der Waals surface area contributed by atoms with Gasteiger partial charge >= 0.3 is 0 Å². The van der Waals surface area contributed by atoms with E-state index in [1.54, 1.807) is 12.1 Å². The van der Waals surface area contributed by atoms with Crippen LogP contribution >= 0.6 is 0 Å². The summed E-state index contributed by atoms with van der Waals surface area (Å²) in [4.78, 5) is 0. The average Bonchev–Trinajstić information content (AvgIpc) is 2.01. The first-order valence-corrected chi connectivity index (χ1v) is 4.04. The maximum atomic E-state index is 9.12. The molecule has 12 heavy (non-hydrogen) atoms. The van der Waals surface area contributed by atoms with Crippen molar-refractivity contribution < 1.29 is 7.85 Å². The molecule has 1 aromatic rings. The van der Waals surface area contributed by atoms with E-state index in [1.165, 1.54) is 0 Å². The van der Waals surface area contributed by atoms with Crippen LogP contribution in [0.3, 0.4) is 0 Å². The Labute approximate surface area is 76.9 Å². The third-order valence-corrected chi connectivity index (χ3v) is 1.88. The molecule has 0 heterocycles. The second-order valence-electron chi connectivity index (χ2n) is 3.94. The molecule has 1 rings (SSSR count). The van der Waals surface area contributed by atoms with Crippen molar-refractivity contribution in [1.82, 2.24) is 0 Å². The van der Waals surface area contributed by atoms with Gasteiger partial charge in [-0.1, -0.05) is 45.0 Å². The molecule has 0 saturated heterocycles. The molecule has 0 saturated carbocycles. The lowest BCUT2D eigenvalue weighted by Gasteiger charge is -2.18. The predicted molar refractivity (Wildman–Crippen MR) is 51.1 cm³/mol. The van der Waals surface area contributed by atoms with E-state index in [2.05, 4.69) is 20.8 Å². The monoisotopic (exact) mass is 166 g/mol. The van der Waals surface area contributed by atoms with Crippen molar-refractivity contribution >= 4 is 0 Å². The Morgan fingerprint density at radius 3 is 2.08 bits per heavy atom. The maximum Gasteiger partial charge on any atom is 0.0681 e. The minimum absolute atomic E-state index is 0.0563. The molecule has 1 aromatic carbocycles. The van der Waals surface area contributed by atoms with Gasteiger partial charge in [0.1, 0.15) is 0 Å². The number of rotatable bonds is 1. The lowest BCUT2D eigenvalue weighted by atomic mass is 9.87. The van der Waals surface area contributed by atoms with E-state index in [0.717, 1.165) is 5.56 Å². The van der Waals surface area contributed by atoms with E-state index < -0.39 is 6.56 Å². The van der Waals surface area contributed by atoms with Gasteiger partial charge in [-0.3, -0.25) is 0 Å². The molecule has 0 fully saturated rings. The maximum absolute atomic E-state index is 9.12. The van der Waals surface area contributed by atoms with E-state index in [4.69, 9.17) is 7.85 Å². The molecule has 0 bridgehead atoms. The fourth-order valence-electron chi connectivity index (χ4n) is 1.04. The summed E-state index contributed by atoms with van der Waals surface area (Å²) < 4.78 is 14.2. The summed E-state index contributed by atoms with van der Waals surface area (Å²) in [6, 6.07) is 6.95. The topological polar surface area (TPSA) is 20.2 Å². The molecule has 1 nitrogen and oxygen atoms in total. The van der Waals surface area contributed by atoms with Gasteiger partial charge in [0.2, 0.25) is 0 Å². The third kappa shape index (κ3) is 2.08. The molecule has 0 aliphatic carbocycles. The van der Waals surface area contributed by atoms with Crippen LogP contribution in [0.5, 0.6) is 0 Å². The van der Waals surface area contributed by atoms with Gasteiger partial charge in [-0.15, -0.1) is 0 Å². The highest BCUT2D eigenvalue weighted by Crippen LogP contribution is 2.21. The number of hydrogen-bond acceptors (Lipinski definition) is 1. The Morgan fingerprint density at radius 2 is 1.75 bits per heavy atom. The SMILES string of the molecule is [2H]C([2H])(O)c1ccc(C(C)(C)C)cc1. The van der Waals surface area contributed by atoms with Gasteiger partial charge in [-0.25, -0.2) is 0 Å². The minimum atomic E-state index is -2.24. The van der Waals surface area contributed by atoms with Crippen molar-refractivity contribution in [2.45, 2.75) is 32.7 Å². The molecule has 0 atom stereocenters. The summed E-state index contributed by atoms with van der Waals surface area (Å²) in [6.07, 6.45) is 0. The molecular formula is C11H16O. The molecule has 0 aliphatic heterocycles. The first kappa shape index (κ1) is 6.67. The van der Waals surface area contributed by atoms with Crippen LogP contribution in [-0.2, 0) is 12.0 Å². The molecular weight excluding hydrogens is 148 g/mol. The van der Waals surface area contributed by atoms with E-state index in [1.807, 2.05) is 12.1 Å². The second kappa shape index (κ2) is 3.28. The van der Waals surface area contributed by atoms with Crippen molar-refractivity contribution in [3.05, 3.63) is 35.4 Å². The molecule has 0 aliphatic rings. The van der Waals surface area contributed by atoms with Gasteiger partial charge in [0, 0.05) is 0 Å². The Morgan fingerprint density at radius 1 is 1.25 bits per heavy atom. The van der Waals surface area contributed by atoms with Gasteiger partial charge < -0.3 is 5.11 Å².